The van der Waals surface area contributed by atoms with E-state index in [9.17, 15) is 15.0 Å². The van der Waals surface area contributed by atoms with Crippen LogP contribution in [-0.4, -0.2) is 58.7 Å². The van der Waals surface area contributed by atoms with Gasteiger partial charge in [-0.3, -0.25) is 9.48 Å². The lowest BCUT2D eigenvalue weighted by Crippen LogP contribution is -2.39. The van der Waals surface area contributed by atoms with Crippen molar-refractivity contribution >= 4 is 28.4 Å². The lowest BCUT2D eigenvalue weighted by molar-refractivity contribution is -0.132. The molecule has 36 heavy (non-hydrogen) atoms. The number of rotatable bonds is 7. The Morgan fingerprint density at radius 3 is 2.64 bits per heavy atom. The number of carbonyl (C=O) groups is 1. The van der Waals surface area contributed by atoms with Crippen LogP contribution in [0.3, 0.4) is 0 Å². The number of amides is 1. The fourth-order valence-corrected chi connectivity index (χ4v) is 4.51. The molecule has 0 saturated carbocycles. The number of nitrogens with two attached hydrogens (primary N) is 1. The monoisotopic (exact) mass is 491 g/mol. The molecule has 1 aliphatic heterocycles. The van der Waals surface area contributed by atoms with E-state index in [-0.39, 0.29) is 5.82 Å². The molecule has 188 valence electrons. The third-order valence-corrected chi connectivity index (χ3v) is 6.44. The van der Waals surface area contributed by atoms with Gasteiger partial charge in [-0.05, 0) is 36.6 Å². The highest BCUT2D eigenvalue weighted by Crippen LogP contribution is 2.38. The van der Waals surface area contributed by atoms with Gasteiger partial charge in [0, 0.05) is 30.7 Å². The first kappa shape index (κ1) is 23.9. The smallest absolute Gasteiger partial charge is 0.256 e. The number of fused-ring (bicyclic) bond motifs is 1. The molecule has 4 aromatic rings. The van der Waals surface area contributed by atoms with Crippen LogP contribution in [0.4, 0.5) is 11.5 Å². The number of aromatic nitrogens is 5. The standard InChI is InChI=1S/C25H29N7O4/c1-3-4-5-14-6-8-15(9-7-14)29-24(35)21-19(33)20(34)25(36-21)32-12-16(17-10-11-31(2)30-17)18-22(26)27-13-28-23(18)32/h6-13,19-21,25,33-34H,3-5H2,1-2H3,(H,29,35)(H2,26,27,28)/t19-,20+,21-,25+/m0/s1. The van der Waals surface area contributed by atoms with E-state index < -0.39 is 30.4 Å². The second-order valence-corrected chi connectivity index (χ2v) is 9.00. The minimum absolute atomic E-state index is 0.240. The van der Waals surface area contributed by atoms with Crippen LogP contribution in [0, 0.1) is 0 Å². The van der Waals surface area contributed by atoms with Gasteiger partial charge in [-0.25, -0.2) is 9.97 Å². The molecule has 1 saturated heterocycles. The number of nitrogens with zero attached hydrogens (tertiary/aromatic N) is 5. The summed E-state index contributed by atoms with van der Waals surface area (Å²) in [5, 5.41) is 29.3. The first-order chi connectivity index (χ1) is 17.4. The SMILES string of the molecule is CCCCc1ccc(NC(=O)[C@H]2O[C@@H](n3cc(-c4ccn(C)n4)c4c(N)ncnc43)[C@H](O)[C@@H]2O)cc1. The lowest BCUT2D eigenvalue weighted by atomic mass is 10.1. The molecular formula is C25H29N7O4. The Labute approximate surface area is 207 Å². The molecule has 5 N–H and O–H groups in total. The number of unbranched alkanes of at least 4 members (excludes halogenated alkanes) is 1. The van der Waals surface area contributed by atoms with E-state index in [4.69, 9.17) is 10.5 Å². The number of nitrogen functional groups attached to an aromatic ring is 1. The van der Waals surface area contributed by atoms with Crippen LogP contribution in [0.15, 0.2) is 49.1 Å². The van der Waals surface area contributed by atoms with Crippen molar-refractivity contribution in [2.75, 3.05) is 11.1 Å². The van der Waals surface area contributed by atoms with Crippen molar-refractivity contribution in [1.82, 2.24) is 24.3 Å². The summed E-state index contributed by atoms with van der Waals surface area (Å²) in [6, 6.07) is 9.37. The molecule has 0 spiro atoms. The van der Waals surface area contributed by atoms with Gasteiger partial charge in [-0.2, -0.15) is 5.10 Å². The third-order valence-electron chi connectivity index (χ3n) is 6.44. The van der Waals surface area contributed by atoms with Crippen LogP contribution in [-0.2, 0) is 23.0 Å². The number of nitrogens with one attached hydrogen (secondary N) is 1. The Hall–Kier alpha value is -3.80. The van der Waals surface area contributed by atoms with Gasteiger partial charge in [0.1, 0.15) is 30.0 Å². The fourth-order valence-electron chi connectivity index (χ4n) is 4.51. The Morgan fingerprint density at radius 2 is 1.94 bits per heavy atom. The van der Waals surface area contributed by atoms with E-state index in [1.807, 2.05) is 30.3 Å². The molecule has 0 bridgehead atoms. The summed E-state index contributed by atoms with van der Waals surface area (Å²) in [5.41, 5.74) is 9.59. The number of anilines is 2. The van der Waals surface area contributed by atoms with Crippen molar-refractivity contribution in [3.63, 3.8) is 0 Å². The number of hydrogen-bond donors (Lipinski definition) is 4. The Bertz CT molecular complexity index is 1380. The quantitative estimate of drug-likeness (QED) is 0.306. The Morgan fingerprint density at radius 1 is 1.17 bits per heavy atom. The van der Waals surface area contributed by atoms with Crippen LogP contribution < -0.4 is 11.1 Å². The summed E-state index contributed by atoms with van der Waals surface area (Å²) in [6.07, 6.45) is 2.76. The van der Waals surface area contributed by atoms with Crippen molar-refractivity contribution in [2.45, 2.75) is 50.7 Å². The molecule has 0 aliphatic carbocycles. The number of hydrogen-bond acceptors (Lipinski definition) is 8. The summed E-state index contributed by atoms with van der Waals surface area (Å²) in [5.74, 6) is -0.315. The number of aliphatic hydroxyl groups excluding tert-OH is 2. The summed E-state index contributed by atoms with van der Waals surface area (Å²) in [7, 11) is 1.80. The zero-order valence-corrected chi connectivity index (χ0v) is 20.1. The minimum atomic E-state index is -1.45. The maximum absolute atomic E-state index is 13.0. The molecule has 11 nitrogen and oxygen atoms in total. The van der Waals surface area contributed by atoms with Crippen molar-refractivity contribution in [3.8, 4) is 11.3 Å². The summed E-state index contributed by atoms with van der Waals surface area (Å²) in [6.45, 7) is 2.14. The number of carbonyl (C=O) groups excluding carboxylic acids is 1. The molecule has 3 aromatic heterocycles. The van der Waals surface area contributed by atoms with E-state index in [0.717, 1.165) is 19.3 Å². The second-order valence-electron chi connectivity index (χ2n) is 9.00. The van der Waals surface area contributed by atoms with Crippen molar-refractivity contribution in [2.24, 2.45) is 7.05 Å². The lowest BCUT2D eigenvalue weighted by Gasteiger charge is -2.17. The molecule has 0 unspecified atom stereocenters. The molecule has 1 fully saturated rings. The minimum Gasteiger partial charge on any atom is -0.387 e. The van der Waals surface area contributed by atoms with Gasteiger partial charge in [0.15, 0.2) is 12.3 Å². The molecule has 4 atom stereocenters. The van der Waals surface area contributed by atoms with E-state index in [0.29, 0.717) is 28.0 Å². The molecule has 1 amide bonds. The zero-order valence-electron chi connectivity index (χ0n) is 20.1. The maximum atomic E-state index is 13.0. The molecule has 1 aromatic carbocycles. The second kappa shape index (κ2) is 9.69. The van der Waals surface area contributed by atoms with Crippen molar-refractivity contribution in [1.29, 1.82) is 0 Å². The van der Waals surface area contributed by atoms with Gasteiger partial charge in [0.05, 0.1) is 11.1 Å². The Kier molecular flexibility index (Phi) is 6.44. The van der Waals surface area contributed by atoms with Gasteiger partial charge < -0.3 is 30.6 Å². The molecule has 0 radical (unpaired) electrons. The third kappa shape index (κ3) is 4.32. The van der Waals surface area contributed by atoms with Gasteiger partial charge in [-0.15, -0.1) is 0 Å². The number of ether oxygens (including phenoxy) is 1. The summed E-state index contributed by atoms with van der Waals surface area (Å²) in [4.78, 5) is 21.4. The van der Waals surface area contributed by atoms with Crippen LogP contribution in [0.25, 0.3) is 22.3 Å². The van der Waals surface area contributed by atoms with E-state index in [2.05, 4.69) is 27.3 Å². The maximum Gasteiger partial charge on any atom is 0.256 e. The predicted octanol–water partition coefficient (Wildman–Crippen LogP) is 2.01. The highest BCUT2D eigenvalue weighted by molar-refractivity contribution is 6.00. The Balaban J connectivity index is 1.40. The van der Waals surface area contributed by atoms with Crippen molar-refractivity contribution < 1.29 is 19.7 Å². The van der Waals surface area contributed by atoms with Crippen molar-refractivity contribution in [3.05, 3.63) is 54.6 Å². The highest BCUT2D eigenvalue weighted by Gasteiger charge is 2.48. The van der Waals surface area contributed by atoms with E-state index >= 15 is 0 Å². The molecule has 11 heteroatoms. The van der Waals surface area contributed by atoms with E-state index in [1.54, 1.807) is 28.7 Å². The topological polar surface area (TPSA) is 153 Å². The summed E-state index contributed by atoms with van der Waals surface area (Å²) < 4.78 is 9.12. The largest absolute Gasteiger partial charge is 0.387 e. The van der Waals surface area contributed by atoms with Crippen LogP contribution in [0.5, 0.6) is 0 Å². The number of aryl methyl sites for hydroxylation is 2. The average Bonchev–Trinajstić information content (AvgIpc) is 3.55. The zero-order chi connectivity index (χ0) is 25.4. The average molecular weight is 492 g/mol. The van der Waals surface area contributed by atoms with Crippen LogP contribution >= 0.6 is 0 Å². The van der Waals surface area contributed by atoms with Gasteiger partial charge in [0.2, 0.25) is 0 Å². The molecular weight excluding hydrogens is 462 g/mol. The highest BCUT2D eigenvalue weighted by atomic mass is 16.6. The van der Waals surface area contributed by atoms with Crippen LogP contribution in [0.1, 0.15) is 31.6 Å². The molecule has 4 heterocycles. The van der Waals surface area contributed by atoms with Gasteiger partial charge >= 0.3 is 0 Å². The normalized spacial score (nSPS) is 21.8. The first-order valence-corrected chi connectivity index (χ1v) is 11.9. The first-order valence-electron chi connectivity index (χ1n) is 11.9. The van der Waals surface area contributed by atoms with E-state index in [1.165, 1.54) is 11.9 Å². The van der Waals surface area contributed by atoms with Crippen LogP contribution in [0.2, 0.25) is 0 Å². The number of aliphatic hydroxyl groups is 2. The van der Waals surface area contributed by atoms with Gasteiger partial charge in [-0.1, -0.05) is 25.5 Å². The molecule has 5 rings (SSSR count). The number of benzene rings is 1. The predicted molar refractivity (Wildman–Crippen MR) is 134 cm³/mol. The fraction of sp³-hybridized carbons (Fsp3) is 0.360. The summed E-state index contributed by atoms with van der Waals surface area (Å²) >= 11 is 0. The van der Waals surface area contributed by atoms with Gasteiger partial charge in [0.25, 0.3) is 5.91 Å². The molecule has 1 aliphatic rings.